The molecular formula is C17H14Cl3NO2. The standard InChI is InChI=1S/C17H14Cl3NO2/c1-10-3-5-12(18)9-15(10)21-16(22)6-4-11-7-13(19)8-14(20)17(11)23-2/h3-9H,1-2H3,(H,21,22)/b6-4+. The lowest BCUT2D eigenvalue weighted by molar-refractivity contribution is -0.111. The van der Waals surface area contributed by atoms with Crippen LogP contribution in [0, 0.1) is 6.92 Å². The predicted octanol–water partition coefficient (Wildman–Crippen LogP) is 5.62. The first-order chi connectivity index (χ1) is 10.9. The highest BCUT2D eigenvalue weighted by Crippen LogP contribution is 2.33. The van der Waals surface area contributed by atoms with Gasteiger partial charge >= 0.3 is 0 Å². The average Bonchev–Trinajstić information content (AvgIpc) is 2.48. The van der Waals surface area contributed by atoms with Crippen LogP contribution in [0.2, 0.25) is 15.1 Å². The molecule has 0 unspecified atom stereocenters. The number of aryl methyl sites for hydroxylation is 1. The van der Waals surface area contributed by atoms with E-state index in [1.165, 1.54) is 13.2 Å². The number of amides is 1. The van der Waals surface area contributed by atoms with Gasteiger partial charge in [0.25, 0.3) is 0 Å². The number of ether oxygens (including phenoxy) is 1. The van der Waals surface area contributed by atoms with Crippen molar-refractivity contribution in [1.29, 1.82) is 0 Å². The Labute approximate surface area is 149 Å². The molecule has 0 aliphatic rings. The van der Waals surface area contributed by atoms with Gasteiger partial charge in [-0.15, -0.1) is 0 Å². The van der Waals surface area contributed by atoms with E-state index < -0.39 is 0 Å². The molecule has 0 radical (unpaired) electrons. The van der Waals surface area contributed by atoms with Gasteiger partial charge in [-0.2, -0.15) is 0 Å². The Morgan fingerprint density at radius 3 is 2.57 bits per heavy atom. The Morgan fingerprint density at radius 2 is 1.87 bits per heavy atom. The van der Waals surface area contributed by atoms with Crippen molar-refractivity contribution in [2.75, 3.05) is 12.4 Å². The molecule has 1 amide bonds. The van der Waals surface area contributed by atoms with Crippen molar-refractivity contribution in [3.8, 4) is 5.75 Å². The number of nitrogens with one attached hydrogen (secondary N) is 1. The first-order valence-electron chi connectivity index (χ1n) is 6.69. The van der Waals surface area contributed by atoms with Crippen molar-refractivity contribution in [3.05, 3.63) is 62.6 Å². The Balaban J connectivity index is 2.20. The Morgan fingerprint density at radius 1 is 1.13 bits per heavy atom. The maximum absolute atomic E-state index is 12.1. The van der Waals surface area contributed by atoms with Crippen LogP contribution in [0.4, 0.5) is 5.69 Å². The fraction of sp³-hybridized carbons (Fsp3) is 0.118. The molecule has 0 aliphatic carbocycles. The van der Waals surface area contributed by atoms with Crippen LogP contribution in [0.1, 0.15) is 11.1 Å². The largest absolute Gasteiger partial charge is 0.495 e. The molecule has 2 rings (SSSR count). The second kappa shape index (κ2) is 7.73. The smallest absolute Gasteiger partial charge is 0.248 e. The van der Waals surface area contributed by atoms with Gasteiger partial charge in [-0.25, -0.2) is 0 Å². The van der Waals surface area contributed by atoms with E-state index in [9.17, 15) is 4.79 Å². The molecule has 0 atom stereocenters. The fourth-order valence-electron chi connectivity index (χ4n) is 1.99. The molecule has 0 fully saturated rings. The van der Waals surface area contributed by atoms with Gasteiger partial charge in [-0.05, 0) is 42.8 Å². The third kappa shape index (κ3) is 4.64. The Bertz CT molecular complexity index is 773. The summed E-state index contributed by atoms with van der Waals surface area (Å²) in [4.78, 5) is 12.1. The molecule has 2 aromatic carbocycles. The summed E-state index contributed by atoms with van der Waals surface area (Å²) in [6.45, 7) is 1.88. The van der Waals surface area contributed by atoms with E-state index in [0.717, 1.165) is 5.56 Å². The predicted molar refractivity (Wildman–Crippen MR) is 96.9 cm³/mol. The van der Waals surface area contributed by atoms with Gasteiger partial charge in [-0.3, -0.25) is 4.79 Å². The first kappa shape index (κ1) is 17.7. The highest BCUT2D eigenvalue weighted by molar-refractivity contribution is 6.36. The summed E-state index contributed by atoms with van der Waals surface area (Å²) in [5, 5.41) is 4.16. The van der Waals surface area contributed by atoms with E-state index in [1.54, 1.807) is 30.3 Å². The molecule has 23 heavy (non-hydrogen) atoms. The normalized spacial score (nSPS) is 10.8. The van der Waals surface area contributed by atoms with Crippen molar-refractivity contribution in [1.82, 2.24) is 0 Å². The minimum absolute atomic E-state index is 0.298. The lowest BCUT2D eigenvalue weighted by Crippen LogP contribution is -2.08. The second-order valence-electron chi connectivity index (χ2n) is 4.79. The van der Waals surface area contributed by atoms with Crippen LogP contribution < -0.4 is 10.1 Å². The summed E-state index contributed by atoms with van der Waals surface area (Å²) in [7, 11) is 1.50. The minimum atomic E-state index is -0.298. The van der Waals surface area contributed by atoms with Gasteiger partial charge in [0.05, 0.1) is 12.1 Å². The highest BCUT2D eigenvalue weighted by Gasteiger charge is 2.08. The van der Waals surface area contributed by atoms with Crippen LogP contribution in [-0.2, 0) is 4.79 Å². The molecule has 0 aromatic heterocycles. The van der Waals surface area contributed by atoms with Crippen LogP contribution in [-0.4, -0.2) is 13.0 Å². The molecule has 0 aliphatic heterocycles. The highest BCUT2D eigenvalue weighted by atomic mass is 35.5. The van der Waals surface area contributed by atoms with E-state index >= 15 is 0 Å². The molecule has 1 N–H and O–H groups in total. The zero-order chi connectivity index (χ0) is 17.0. The molecule has 3 nitrogen and oxygen atoms in total. The van der Waals surface area contributed by atoms with Crippen LogP contribution in [0.15, 0.2) is 36.4 Å². The molecule has 120 valence electrons. The number of carbonyl (C=O) groups is 1. The molecule has 0 saturated carbocycles. The Hall–Kier alpha value is -1.68. The van der Waals surface area contributed by atoms with E-state index in [4.69, 9.17) is 39.5 Å². The number of hydrogen-bond donors (Lipinski definition) is 1. The average molecular weight is 371 g/mol. The second-order valence-corrected chi connectivity index (χ2v) is 6.07. The van der Waals surface area contributed by atoms with Crippen molar-refractivity contribution < 1.29 is 9.53 Å². The van der Waals surface area contributed by atoms with Gasteiger partial charge in [-0.1, -0.05) is 40.9 Å². The van der Waals surface area contributed by atoms with E-state index in [0.29, 0.717) is 32.1 Å². The van der Waals surface area contributed by atoms with Crippen molar-refractivity contribution >= 4 is 52.5 Å². The maximum Gasteiger partial charge on any atom is 0.248 e. The minimum Gasteiger partial charge on any atom is -0.495 e. The monoisotopic (exact) mass is 369 g/mol. The number of anilines is 1. The molecular weight excluding hydrogens is 357 g/mol. The van der Waals surface area contributed by atoms with Gasteiger partial charge < -0.3 is 10.1 Å². The quantitative estimate of drug-likeness (QED) is 0.710. The zero-order valence-electron chi connectivity index (χ0n) is 12.5. The number of rotatable bonds is 4. The summed E-state index contributed by atoms with van der Waals surface area (Å²) in [6.07, 6.45) is 2.97. The summed E-state index contributed by atoms with van der Waals surface area (Å²) in [5.41, 5.74) is 2.19. The number of hydrogen-bond acceptors (Lipinski definition) is 2. The Kier molecular flexibility index (Phi) is 5.94. The number of methoxy groups -OCH3 is 1. The summed E-state index contributed by atoms with van der Waals surface area (Å²) < 4.78 is 5.23. The lowest BCUT2D eigenvalue weighted by atomic mass is 10.1. The molecule has 0 bridgehead atoms. The molecule has 0 saturated heterocycles. The maximum atomic E-state index is 12.1. The third-order valence-corrected chi connectivity index (χ3v) is 3.85. The van der Waals surface area contributed by atoms with Crippen LogP contribution in [0.5, 0.6) is 5.75 Å². The molecule has 6 heteroatoms. The van der Waals surface area contributed by atoms with Crippen molar-refractivity contribution in [3.63, 3.8) is 0 Å². The molecule has 0 heterocycles. The van der Waals surface area contributed by atoms with Crippen LogP contribution in [0.25, 0.3) is 6.08 Å². The lowest BCUT2D eigenvalue weighted by Gasteiger charge is -2.08. The van der Waals surface area contributed by atoms with Gasteiger partial charge in [0, 0.05) is 27.4 Å². The zero-order valence-corrected chi connectivity index (χ0v) is 14.8. The van der Waals surface area contributed by atoms with Gasteiger partial charge in [0.15, 0.2) is 0 Å². The number of halogens is 3. The summed E-state index contributed by atoms with van der Waals surface area (Å²) in [5.74, 6) is 0.160. The number of benzene rings is 2. The molecule has 0 spiro atoms. The van der Waals surface area contributed by atoms with Crippen LogP contribution in [0.3, 0.4) is 0 Å². The topological polar surface area (TPSA) is 38.3 Å². The van der Waals surface area contributed by atoms with Crippen molar-refractivity contribution in [2.45, 2.75) is 6.92 Å². The summed E-state index contributed by atoms with van der Waals surface area (Å²) >= 11 is 18.0. The summed E-state index contributed by atoms with van der Waals surface area (Å²) in [6, 6.07) is 8.54. The van der Waals surface area contributed by atoms with Gasteiger partial charge in [0.2, 0.25) is 5.91 Å². The van der Waals surface area contributed by atoms with Crippen molar-refractivity contribution in [2.24, 2.45) is 0 Å². The van der Waals surface area contributed by atoms with E-state index in [2.05, 4.69) is 5.32 Å². The first-order valence-corrected chi connectivity index (χ1v) is 7.82. The fourth-order valence-corrected chi connectivity index (χ4v) is 2.75. The van der Waals surface area contributed by atoms with E-state index in [1.807, 2.05) is 13.0 Å². The molecule has 2 aromatic rings. The van der Waals surface area contributed by atoms with E-state index in [-0.39, 0.29) is 5.91 Å². The SMILES string of the molecule is COc1c(Cl)cc(Cl)cc1/C=C/C(=O)Nc1cc(Cl)ccc1C. The van der Waals surface area contributed by atoms with Crippen LogP contribution >= 0.6 is 34.8 Å². The number of carbonyl (C=O) groups excluding carboxylic acids is 1. The van der Waals surface area contributed by atoms with Gasteiger partial charge in [0.1, 0.15) is 5.75 Å². The third-order valence-electron chi connectivity index (χ3n) is 3.11.